The molecule has 2 aliphatic rings. The number of carbonyl (C=O) groups is 2. The summed E-state index contributed by atoms with van der Waals surface area (Å²) in [5.41, 5.74) is 4.55. The molecule has 0 radical (unpaired) electrons. The fraction of sp³-hybridized carbons (Fsp3) is 0.364. The number of carboxylic acids is 1. The first-order valence-corrected chi connectivity index (χ1v) is 9.65. The third-order valence-electron chi connectivity index (χ3n) is 5.43. The second kappa shape index (κ2) is 8.23. The largest absolute Gasteiger partial charge is 0.481 e. The van der Waals surface area contributed by atoms with Gasteiger partial charge in [0.25, 0.3) is 0 Å². The predicted molar refractivity (Wildman–Crippen MR) is 105 cm³/mol. The molecular formula is C22H23NO6. The van der Waals surface area contributed by atoms with Crippen LogP contribution in [0.3, 0.4) is 0 Å². The third kappa shape index (κ3) is 3.97. The number of carboxylic acid groups (broad SMARTS) is 1. The lowest BCUT2D eigenvalue weighted by atomic mass is 9.98. The first kappa shape index (κ1) is 19.4. The molecule has 0 aromatic heterocycles. The number of ether oxygens (including phenoxy) is 2. The van der Waals surface area contributed by atoms with Crippen molar-refractivity contribution in [2.45, 2.75) is 24.5 Å². The van der Waals surface area contributed by atoms with Gasteiger partial charge in [-0.2, -0.15) is 0 Å². The fourth-order valence-corrected chi connectivity index (χ4v) is 4.17. The molecule has 1 aliphatic heterocycles. The molecule has 29 heavy (non-hydrogen) atoms. The number of hydrogen-bond acceptors (Lipinski definition) is 5. The molecule has 2 aromatic rings. The SMILES string of the molecule is O=C(O)CC1CN(C(=O)OCC2c3ccccc3-c3ccccc32)CC(CO)O1. The fourth-order valence-electron chi connectivity index (χ4n) is 4.17. The average molecular weight is 397 g/mol. The topological polar surface area (TPSA) is 96.3 Å². The number of aliphatic carboxylic acids is 1. The van der Waals surface area contributed by atoms with Gasteiger partial charge in [-0.3, -0.25) is 4.79 Å². The highest BCUT2D eigenvalue weighted by Crippen LogP contribution is 2.44. The maximum Gasteiger partial charge on any atom is 0.409 e. The van der Waals surface area contributed by atoms with Crippen LogP contribution in [0.1, 0.15) is 23.5 Å². The van der Waals surface area contributed by atoms with Crippen molar-refractivity contribution < 1.29 is 29.3 Å². The van der Waals surface area contributed by atoms with E-state index < -0.39 is 24.3 Å². The second-order valence-electron chi connectivity index (χ2n) is 7.37. The van der Waals surface area contributed by atoms with Crippen molar-refractivity contribution in [2.75, 3.05) is 26.3 Å². The van der Waals surface area contributed by atoms with Crippen LogP contribution in [0.25, 0.3) is 11.1 Å². The van der Waals surface area contributed by atoms with Crippen LogP contribution >= 0.6 is 0 Å². The standard InChI is InChI=1S/C22H23NO6/c24-12-15-11-23(10-14(29-15)9-21(25)26)22(27)28-13-20-18-7-3-1-5-16(18)17-6-2-4-8-19(17)20/h1-8,14-15,20,24H,9-13H2,(H,25,26). The van der Waals surface area contributed by atoms with E-state index in [4.69, 9.17) is 14.6 Å². The van der Waals surface area contributed by atoms with E-state index in [9.17, 15) is 14.7 Å². The van der Waals surface area contributed by atoms with Crippen LogP contribution in [0, 0.1) is 0 Å². The Balaban J connectivity index is 1.46. The zero-order valence-corrected chi connectivity index (χ0v) is 15.9. The van der Waals surface area contributed by atoms with Crippen molar-refractivity contribution in [3.63, 3.8) is 0 Å². The lowest BCUT2D eigenvalue weighted by Gasteiger charge is -2.36. The van der Waals surface area contributed by atoms with Gasteiger partial charge >= 0.3 is 12.1 Å². The smallest absolute Gasteiger partial charge is 0.409 e. The molecule has 1 heterocycles. The molecule has 1 saturated heterocycles. The van der Waals surface area contributed by atoms with Crippen LogP contribution < -0.4 is 0 Å². The van der Waals surface area contributed by atoms with Crippen LogP contribution in [0.15, 0.2) is 48.5 Å². The number of carbonyl (C=O) groups excluding carboxylic acids is 1. The normalized spacial score (nSPS) is 20.8. The van der Waals surface area contributed by atoms with E-state index >= 15 is 0 Å². The maximum atomic E-state index is 12.7. The molecule has 1 aliphatic carbocycles. The zero-order valence-electron chi connectivity index (χ0n) is 15.9. The minimum Gasteiger partial charge on any atom is -0.481 e. The van der Waals surface area contributed by atoms with Gasteiger partial charge in [0, 0.05) is 5.92 Å². The van der Waals surface area contributed by atoms with Crippen LogP contribution in [0.5, 0.6) is 0 Å². The first-order valence-electron chi connectivity index (χ1n) is 9.65. The molecule has 4 rings (SSSR count). The average Bonchev–Trinajstić information content (AvgIpc) is 3.05. The summed E-state index contributed by atoms with van der Waals surface area (Å²) in [6.07, 6.45) is -2.04. The van der Waals surface area contributed by atoms with E-state index in [-0.39, 0.29) is 38.6 Å². The maximum absolute atomic E-state index is 12.7. The summed E-state index contributed by atoms with van der Waals surface area (Å²) in [6, 6.07) is 16.2. The van der Waals surface area contributed by atoms with Gasteiger partial charge in [-0.05, 0) is 22.3 Å². The number of aliphatic hydroxyl groups is 1. The van der Waals surface area contributed by atoms with Gasteiger partial charge in [-0.1, -0.05) is 48.5 Å². The van der Waals surface area contributed by atoms with E-state index in [2.05, 4.69) is 12.1 Å². The molecule has 0 spiro atoms. The van der Waals surface area contributed by atoms with Gasteiger partial charge in [0.15, 0.2) is 0 Å². The van der Waals surface area contributed by atoms with Crippen molar-refractivity contribution in [1.82, 2.24) is 4.90 Å². The summed E-state index contributed by atoms with van der Waals surface area (Å²) in [6.45, 7) is 0.198. The second-order valence-corrected chi connectivity index (χ2v) is 7.37. The lowest BCUT2D eigenvalue weighted by Crippen LogP contribution is -2.52. The number of hydrogen-bond donors (Lipinski definition) is 2. The number of nitrogens with zero attached hydrogens (tertiary/aromatic N) is 1. The minimum absolute atomic E-state index is 0.0455. The van der Waals surface area contributed by atoms with E-state index in [1.54, 1.807) is 0 Å². The van der Waals surface area contributed by atoms with Crippen LogP contribution in [0.2, 0.25) is 0 Å². The highest BCUT2D eigenvalue weighted by Gasteiger charge is 2.34. The Kier molecular flexibility index (Phi) is 5.51. The number of amides is 1. The third-order valence-corrected chi connectivity index (χ3v) is 5.43. The summed E-state index contributed by atoms with van der Waals surface area (Å²) in [5, 5.41) is 18.4. The summed E-state index contributed by atoms with van der Waals surface area (Å²) >= 11 is 0. The molecule has 2 aromatic carbocycles. The highest BCUT2D eigenvalue weighted by molar-refractivity contribution is 5.79. The van der Waals surface area contributed by atoms with Crippen molar-refractivity contribution in [3.8, 4) is 11.1 Å². The molecule has 1 fully saturated rings. The Labute approximate surface area is 168 Å². The molecule has 7 heteroatoms. The molecule has 152 valence electrons. The van der Waals surface area contributed by atoms with Gasteiger partial charge in [0.05, 0.1) is 38.3 Å². The van der Waals surface area contributed by atoms with Crippen LogP contribution in [-0.4, -0.2) is 65.7 Å². The molecule has 0 saturated carbocycles. The molecule has 2 atom stereocenters. The van der Waals surface area contributed by atoms with E-state index in [1.807, 2.05) is 36.4 Å². The molecule has 2 unspecified atom stereocenters. The summed E-state index contributed by atoms with van der Waals surface area (Å²) in [4.78, 5) is 25.1. The Morgan fingerprint density at radius 1 is 1.00 bits per heavy atom. The molecule has 7 nitrogen and oxygen atoms in total. The van der Waals surface area contributed by atoms with E-state index in [1.165, 1.54) is 4.90 Å². The van der Waals surface area contributed by atoms with Crippen LogP contribution in [0.4, 0.5) is 4.79 Å². The van der Waals surface area contributed by atoms with Crippen LogP contribution in [-0.2, 0) is 14.3 Å². The number of rotatable bonds is 5. The van der Waals surface area contributed by atoms with E-state index in [0.717, 1.165) is 22.3 Å². The minimum atomic E-state index is -1.01. The molecule has 0 bridgehead atoms. The number of morpholine rings is 1. The molecule has 2 N–H and O–H groups in total. The highest BCUT2D eigenvalue weighted by atomic mass is 16.6. The van der Waals surface area contributed by atoms with Crippen molar-refractivity contribution in [1.29, 1.82) is 0 Å². The number of fused-ring (bicyclic) bond motifs is 3. The van der Waals surface area contributed by atoms with Gasteiger partial charge in [-0.25, -0.2) is 4.79 Å². The Morgan fingerprint density at radius 3 is 2.17 bits per heavy atom. The summed E-state index contributed by atoms with van der Waals surface area (Å²) in [7, 11) is 0. The van der Waals surface area contributed by atoms with Crippen molar-refractivity contribution in [3.05, 3.63) is 59.7 Å². The number of aliphatic hydroxyl groups excluding tert-OH is 1. The van der Waals surface area contributed by atoms with Gasteiger partial charge in [0.1, 0.15) is 6.61 Å². The van der Waals surface area contributed by atoms with E-state index in [0.29, 0.717) is 0 Å². The predicted octanol–water partition coefficient (Wildman–Crippen LogP) is 2.47. The number of benzene rings is 2. The lowest BCUT2D eigenvalue weighted by molar-refractivity contribution is -0.147. The summed E-state index contributed by atoms with van der Waals surface area (Å²) < 4.78 is 11.1. The first-order chi connectivity index (χ1) is 14.1. The van der Waals surface area contributed by atoms with Gasteiger partial charge in [-0.15, -0.1) is 0 Å². The van der Waals surface area contributed by atoms with Crippen molar-refractivity contribution >= 4 is 12.1 Å². The molecular weight excluding hydrogens is 374 g/mol. The van der Waals surface area contributed by atoms with Gasteiger partial charge < -0.3 is 24.6 Å². The van der Waals surface area contributed by atoms with Gasteiger partial charge in [0.2, 0.25) is 0 Å². The van der Waals surface area contributed by atoms with Crippen molar-refractivity contribution in [2.24, 2.45) is 0 Å². The Bertz CT molecular complexity index is 868. The molecule has 1 amide bonds. The Hall–Kier alpha value is -2.90. The zero-order chi connectivity index (χ0) is 20.4. The quantitative estimate of drug-likeness (QED) is 0.805. The Morgan fingerprint density at radius 2 is 1.59 bits per heavy atom. The monoisotopic (exact) mass is 397 g/mol. The summed E-state index contributed by atoms with van der Waals surface area (Å²) in [5.74, 6) is -1.06.